The molecule has 0 unspecified atom stereocenters. The Labute approximate surface area is 130 Å². The van der Waals surface area contributed by atoms with Gasteiger partial charge in [-0.05, 0) is 30.4 Å². The number of halogens is 1. The number of nitrogens with one attached hydrogen (secondary N) is 1. The first-order chi connectivity index (χ1) is 10.0. The highest BCUT2D eigenvalue weighted by Gasteiger charge is 2.33. The van der Waals surface area contributed by atoms with Crippen molar-refractivity contribution in [2.24, 2.45) is 11.3 Å². The molecule has 2 rings (SSSR count). The van der Waals surface area contributed by atoms with Gasteiger partial charge in [0.2, 0.25) is 0 Å². The molecule has 0 atom stereocenters. The zero-order valence-corrected chi connectivity index (χ0v) is 13.4. The second kappa shape index (κ2) is 6.62. The molecule has 1 fully saturated rings. The normalized spacial score (nSPS) is 17.6. The Kier molecular flexibility index (Phi) is 5.06. The lowest BCUT2D eigenvalue weighted by Crippen LogP contribution is -2.43. The number of nitrogens with two attached hydrogens (primary N) is 1. The van der Waals surface area contributed by atoms with Gasteiger partial charge in [-0.1, -0.05) is 38.3 Å². The van der Waals surface area contributed by atoms with Crippen molar-refractivity contribution in [2.75, 3.05) is 18.5 Å². The molecule has 1 saturated heterocycles. The van der Waals surface area contributed by atoms with E-state index < -0.39 is 0 Å². The first kappa shape index (κ1) is 16.0. The quantitative estimate of drug-likeness (QED) is 0.662. The molecule has 1 aliphatic rings. The van der Waals surface area contributed by atoms with Crippen LogP contribution in [0.15, 0.2) is 12.1 Å². The number of carbonyl (C=O) groups excluding carboxylic acids is 1. The first-order valence-electron chi connectivity index (χ1n) is 7.47. The molecular formula is C15H23ClN4O. The molecule has 21 heavy (non-hydrogen) atoms. The van der Waals surface area contributed by atoms with Crippen LogP contribution in [0.3, 0.4) is 0 Å². The number of hydrogen-bond donors (Lipinski definition) is 2. The minimum atomic E-state index is -0.113. The van der Waals surface area contributed by atoms with Crippen molar-refractivity contribution in [3.8, 4) is 0 Å². The number of nitrogen functional groups attached to an aromatic ring is 1. The summed E-state index contributed by atoms with van der Waals surface area (Å²) in [5, 5.41) is 0.363. The number of nitrogens with zero attached hydrogens (tertiary/aromatic N) is 2. The number of hydrogen-bond acceptors (Lipinski definition) is 4. The van der Waals surface area contributed by atoms with Crippen LogP contribution in [0.1, 0.15) is 50.0 Å². The highest BCUT2D eigenvalue weighted by molar-refractivity contribution is 6.33. The summed E-state index contributed by atoms with van der Waals surface area (Å²) in [6.07, 6.45) is 4.41. The maximum Gasteiger partial charge on any atom is 0.274 e. The van der Waals surface area contributed by atoms with Crippen LogP contribution in [0.2, 0.25) is 5.02 Å². The van der Waals surface area contributed by atoms with E-state index in [-0.39, 0.29) is 11.6 Å². The van der Waals surface area contributed by atoms with Crippen molar-refractivity contribution in [3.63, 3.8) is 0 Å². The van der Waals surface area contributed by atoms with Gasteiger partial charge in [-0.15, -0.1) is 0 Å². The molecule has 1 aromatic rings. The highest BCUT2D eigenvalue weighted by Crippen LogP contribution is 2.38. The molecule has 116 valence electrons. The van der Waals surface area contributed by atoms with Gasteiger partial charge >= 0.3 is 0 Å². The van der Waals surface area contributed by atoms with Gasteiger partial charge < -0.3 is 10.3 Å². The average Bonchev–Trinajstić information content (AvgIpc) is 2.55. The van der Waals surface area contributed by atoms with Crippen LogP contribution in [0.25, 0.3) is 0 Å². The molecule has 5 nitrogen and oxygen atoms in total. The lowest BCUT2D eigenvalue weighted by atomic mass is 9.74. The number of piperidine rings is 1. The molecule has 1 aliphatic heterocycles. The van der Waals surface area contributed by atoms with Crippen LogP contribution in [0.5, 0.6) is 0 Å². The van der Waals surface area contributed by atoms with E-state index in [0.717, 1.165) is 38.8 Å². The lowest BCUT2D eigenvalue weighted by molar-refractivity contribution is 0.0552. The SMILES string of the molecule is CCC1(CC)CCN(C(=O)c2nc(NN)ccc2Cl)CC1. The van der Waals surface area contributed by atoms with Gasteiger partial charge in [0.25, 0.3) is 5.91 Å². The standard InChI is InChI=1S/C15H23ClN4O/c1-3-15(4-2)7-9-20(10-8-15)14(21)13-11(16)5-6-12(18-13)19-17/h5-6H,3-4,7-10,17H2,1-2H3,(H,18,19). The van der Waals surface area contributed by atoms with Gasteiger partial charge in [0.15, 0.2) is 0 Å². The fraction of sp³-hybridized carbons (Fsp3) is 0.600. The summed E-state index contributed by atoms with van der Waals surface area (Å²) < 4.78 is 0. The third kappa shape index (κ3) is 3.30. The maximum absolute atomic E-state index is 12.6. The van der Waals surface area contributed by atoms with Crippen molar-refractivity contribution in [1.29, 1.82) is 0 Å². The van der Waals surface area contributed by atoms with E-state index in [0.29, 0.717) is 16.3 Å². The minimum Gasteiger partial charge on any atom is -0.337 e. The molecular weight excluding hydrogens is 288 g/mol. The fourth-order valence-electron chi connectivity index (χ4n) is 2.96. The Morgan fingerprint density at radius 3 is 2.52 bits per heavy atom. The second-order valence-electron chi connectivity index (χ2n) is 5.67. The summed E-state index contributed by atoms with van der Waals surface area (Å²) in [5.41, 5.74) is 3.10. The van der Waals surface area contributed by atoms with Gasteiger partial charge in [0, 0.05) is 13.1 Å². The number of pyridine rings is 1. The zero-order valence-electron chi connectivity index (χ0n) is 12.7. The van der Waals surface area contributed by atoms with Crippen molar-refractivity contribution >= 4 is 23.3 Å². The number of rotatable bonds is 4. The van der Waals surface area contributed by atoms with Gasteiger partial charge in [-0.3, -0.25) is 4.79 Å². The Morgan fingerprint density at radius 2 is 2.00 bits per heavy atom. The third-order valence-corrected chi connectivity index (χ3v) is 5.11. The molecule has 0 bridgehead atoms. The predicted molar refractivity (Wildman–Crippen MR) is 85.2 cm³/mol. The number of carbonyl (C=O) groups is 1. The Morgan fingerprint density at radius 1 is 1.38 bits per heavy atom. The monoisotopic (exact) mass is 310 g/mol. The topological polar surface area (TPSA) is 71.2 Å². The number of likely N-dealkylation sites (tertiary alicyclic amines) is 1. The van der Waals surface area contributed by atoms with Crippen molar-refractivity contribution in [1.82, 2.24) is 9.88 Å². The molecule has 0 aliphatic carbocycles. The van der Waals surface area contributed by atoms with E-state index >= 15 is 0 Å². The maximum atomic E-state index is 12.6. The fourth-order valence-corrected chi connectivity index (χ4v) is 3.15. The van der Waals surface area contributed by atoms with E-state index in [4.69, 9.17) is 17.4 Å². The van der Waals surface area contributed by atoms with Gasteiger partial charge in [-0.2, -0.15) is 0 Å². The van der Waals surface area contributed by atoms with Crippen LogP contribution in [-0.4, -0.2) is 28.9 Å². The number of anilines is 1. The zero-order chi connectivity index (χ0) is 15.5. The summed E-state index contributed by atoms with van der Waals surface area (Å²) in [4.78, 5) is 18.6. The van der Waals surface area contributed by atoms with Crippen molar-refractivity contribution in [3.05, 3.63) is 22.8 Å². The van der Waals surface area contributed by atoms with E-state index in [1.54, 1.807) is 12.1 Å². The van der Waals surface area contributed by atoms with E-state index in [2.05, 4.69) is 24.3 Å². The van der Waals surface area contributed by atoms with Crippen LogP contribution in [0.4, 0.5) is 5.82 Å². The lowest BCUT2D eigenvalue weighted by Gasteiger charge is -2.41. The first-order valence-corrected chi connectivity index (χ1v) is 7.85. The molecule has 6 heteroatoms. The van der Waals surface area contributed by atoms with Gasteiger partial charge in [0.1, 0.15) is 11.5 Å². The van der Waals surface area contributed by atoms with Gasteiger partial charge in [-0.25, -0.2) is 10.8 Å². The second-order valence-corrected chi connectivity index (χ2v) is 6.08. The number of aromatic nitrogens is 1. The molecule has 3 N–H and O–H groups in total. The molecule has 1 aromatic heterocycles. The Balaban J connectivity index is 2.12. The van der Waals surface area contributed by atoms with Crippen LogP contribution in [0, 0.1) is 5.41 Å². The molecule has 0 radical (unpaired) electrons. The van der Waals surface area contributed by atoms with Gasteiger partial charge in [0.05, 0.1) is 5.02 Å². The molecule has 0 spiro atoms. The number of amides is 1. The predicted octanol–water partition coefficient (Wildman–Crippen LogP) is 3.06. The molecule has 1 amide bonds. The number of hydrazine groups is 1. The average molecular weight is 311 g/mol. The highest BCUT2D eigenvalue weighted by atomic mass is 35.5. The summed E-state index contributed by atoms with van der Waals surface area (Å²) in [6.45, 7) is 5.99. The summed E-state index contributed by atoms with van der Waals surface area (Å²) in [6, 6.07) is 3.29. The largest absolute Gasteiger partial charge is 0.337 e. The molecule has 2 heterocycles. The Hall–Kier alpha value is -1.33. The third-order valence-electron chi connectivity index (χ3n) is 4.81. The Bertz CT molecular complexity index is 506. The molecule has 0 aromatic carbocycles. The van der Waals surface area contributed by atoms with E-state index in [1.165, 1.54) is 0 Å². The summed E-state index contributed by atoms with van der Waals surface area (Å²) >= 11 is 6.10. The van der Waals surface area contributed by atoms with Crippen LogP contribution in [-0.2, 0) is 0 Å². The van der Waals surface area contributed by atoms with Crippen molar-refractivity contribution < 1.29 is 4.79 Å². The van der Waals surface area contributed by atoms with E-state index in [1.807, 2.05) is 4.90 Å². The van der Waals surface area contributed by atoms with Crippen LogP contribution < -0.4 is 11.3 Å². The van der Waals surface area contributed by atoms with E-state index in [9.17, 15) is 4.79 Å². The van der Waals surface area contributed by atoms with Crippen molar-refractivity contribution in [2.45, 2.75) is 39.5 Å². The summed E-state index contributed by atoms with van der Waals surface area (Å²) in [7, 11) is 0. The molecule has 0 saturated carbocycles. The smallest absolute Gasteiger partial charge is 0.274 e. The summed E-state index contributed by atoms with van der Waals surface area (Å²) in [5.74, 6) is 5.67. The minimum absolute atomic E-state index is 0.113. The van der Waals surface area contributed by atoms with Crippen LogP contribution >= 0.6 is 11.6 Å².